The second-order valence-electron chi connectivity index (χ2n) is 7.17. The maximum Gasteiger partial charge on any atom is 0.271 e. The number of rotatable bonds is 6. The third-order valence-corrected chi connectivity index (χ3v) is 5.40. The lowest BCUT2D eigenvalue weighted by molar-refractivity contribution is -0.384. The molecular formula is C25H19ClN2O5. The molecule has 1 heterocycles. The van der Waals surface area contributed by atoms with Crippen LogP contribution in [0.4, 0.5) is 11.4 Å². The summed E-state index contributed by atoms with van der Waals surface area (Å²) in [6.07, 6.45) is 3.48. The van der Waals surface area contributed by atoms with Gasteiger partial charge in [-0.3, -0.25) is 19.8 Å². The summed E-state index contributed by atoms with van der Waals surface area (Å²) in [6, 6.07) is 18.4. The third-order valence-electron chi connectivity index (χ3n) is 5.15. The molecule has 4 rings (SSSR count). The standard InChI is InChI=1S/C25H19ClN2O5/c1-32-23-11-6-16(13-24(23)33-2)12-18-14-22(17-7-9-19(26)10-8-17)27(25(18)29)20-4-3-5-21(15-20)28(30)31/h3-15H,1-2H3/b18-12+. The first-order chi connectivity index (χ1) is 15.9. The van der Waals surface area contributed by atoms with E-state index in [4.69, 9.17) is 21.1 Å². The van der Waals surface area contributed by atoms with Crippen LogP contribution in [0.3, 0.4) is 0 Å². The number of carbonyl (C=O) groups is 1. The van der Waals surface area contributed by atoms with Crippen LogP contribution in [-0.2, 0) is 4.79 Å². The first kappa shape index (κ1) is 22.1. The van der Waals surface area contributed by atoms with E-state index in [9.17, 15) is 14.9 Å². The van der Waals surface area contributed by atoms with Gasteiger partial charge in [0.15, 0.2) is 11.5 Å². The van der Waals surface area contributed by atoms with E-state index in [1.54, 1.807) is 67.8 Å². The number of anilines is 1. The zero-order valence-electron chi connectivity index (χ0n) is 17.8. The minimum atomic E-state index is -0.490. The zero-order valence-corrected chi connectivity index (χ0v) is 18.6. The minimum Gasteiger partial charge on any atom is -0.493 e. The number of carbonyl (C=O) groups excluding carboxylic acids is 1. The van der Waals surface area contributed by atoms with Crippen molar-refractivity contribution in [1.29, 1.82) is 0 Å². The molecule has 33 heavy (non-hydrogen) atoms. The van der Waals surface area contributed by atoms with E-state index in [1.807, 2.05) is 6.07 Å². The van der Waals surface area contributed by atoms with Crippen LogP contribution in [0.15, 0.2) is 78.4 Å². The highest BCUT2D eigenvalue weighted by Crippen LogP contribution is 2.37. The fraction of sp³-hybridized carbons (Fsp3) is 0.0800. The van der Waals surface area contributed by atoms with Gasteiger partial charge in [-0.15, -0.1) is 0 Å². The second kappa shape index (κ2) is 9.18. The van der Waals surface area contributed by atoms with Gasteiger partial charge in [0.05, 0.1) is 30.5 Å². The van der Waals surface area contributed by atoms with Gasteiger partial charge in [-0.25, -0.2) is 0 Å². The van der Waals surface area contributed by atoms with Gasteiger partial charge in [-0.05, 0) is 53.6 Å². The predicted octanol–water partition coefficient (Wildman–Crippen LogP) is 5.74. The molecular weight excluding hydrogens is 444 g/mol. The van der Waals surface area contributed by atoms with Crippen LogP contribution in [0.1, 0.15) is 11.1 Å². The Balaban J connectivity index is 1.82. The third kappa shape index (κ3) is 4.44. The summed E-state index contributed by atoms with van der Waals surface area (Å²) < 4.78 is 10.6. The first-order valence-corrected chi connectivity index (χ1v) is 10.3. The van der Waals surface area contributed by atoms with Crippen LogP contribution in [0.5, 0.6) is 11.5 Å². The smallest absolute Gasteiger partial charge is 0.271 e. The molecule has 7 nitrogen and oxygen atoms in total. The number of benzene rings is 3. The Labute approximate surface area is 195 Å². The molecule has 8 heteroatoms. The number of hydrogen-bond acceptors (Lipinski definition) is 5. The number of nitro benzene ring substituents is 1. The van der Waals surface area contributed by atoms with Crippen molar-refractivity contribution in [2.24, 2.45) is 0 Å². The van der Waals surface area contributed by atoms with E-state index >= 15 is 0 Å². The minimum absolute atomic E-state index is 0.104. The molecule has 3 aromatic carbocycles. The summed E-state index contributed by atoms with van der Waals surface area (Å²) in [7, 11) is 3.09. The highest BCUT2D eigenvalue weighted by Gasteiger charge is 2.31. The topological polar surface area (TPSA) is 81.9 Å². The van der Waals surface area contributed by atoms with Gasteiger partial charge in [0, 0.05) is 22.7 Å². The molecule has 1 aliphatic rings. The highest BCUT2D eigenvalue weighted by molar-refractivity contribution is 6.30. The number of nitro groups is 1. The maximum absolute atomic E-state index is 13.5. The quantitative estimate of drug-likeness (QED) is 0.265. The molecule has 0 N–H and O–H groups in total. The summed E-state index contributed by atoms with van der Waals surface area (Å²) in [5.41, 5.74) is 2.78. The number of amides is 1. The molecule has 0 spiro atoms. The number of nitrogens with zero attached hydrogens (tertiary/aromatic N) is 2. The molecule has 0 atom stereocenters. The maximum atomic E-state index is 13.5. The fourth-order valence-electron chi connectivity index (χ4n) is 3.57. The lowest BCUT2D eigenvalue weighted by Gasteiger charge is -2.20. The molecule has 1 amide bonds. The van der Waals surface area contributed by atoms with Crippen molar-refractivity contribution in [2.75, 3.05) is 19.1 Å². The van der Waals surface area contributed by atoms with E-state index in [0.717, 1.165) is 11.1 Å². The number of methoxy groups -OCH3 is 2. The Morgan fingerprint density at radius 2 is 1.70 bits per heavy atom. The van der Waals surface area contributed by atoms with Crippen LogP contribution in [0, 0.1) is 10.1 Å². The largest absolute Gasteiger partial charge is 0.493 e. The van der Waals surface area contributed by atoms with Crippen LogP contribution < -0.4 is 14.4 Å². The average Bonchev–Trinajstić information content (AvgIpc) is 3.15. The predicted molar refractivity (Wildman–Crippen MR) is 128 cm³/mol. The lowest BCUT2D eigenvalue weighted by Crippen LogP contribution is -2.25. The molecule has 0 saturated carbocycles. The number of non-ortho nitro benzene ring substituents is 1. The van der Waals surface area contributed by atoms with Crippen molar-refractivity contribution in [3.63, 3.8) is 0 Å². The van der Waals surface area contributed by atoms with Crippen molar-refractivity contribution in [2.45, 2.75) is 0 Å². The van der Waals surface area contributed by atoms with Gasteiger partial charge in [0.25, 0.3) is 11.6 Å². The molecule has 0 aromatic heterocycles. The van der Waals surface area contributed by atoms with Crippen LogP contribution in [0.25, 0.3) is 11.8 Å². The summed E-state index contributed by atoms with van der Waals surface area (Å²) in [6.45, 7) is 0. The molecule has 3 aromatic rings. The van der Waals surface area contributed by atoms with Crippen molar-refractivity contribution < 1.29 is 19.2 Å². The number of halogens is 1. The molecule has 1 aliphatic heterocycles. The molecule has 0 saturated heterocycles. The summed E-state index contributed by atoms with van der Waals surface area (Å²) in [5, 5.41) is 11.9. The SMILES string of the molecule is COc1ccc(/C=C2\C=C(c3ccc(Cl)cc3)N(c3cccc([N+](=O)[O-])c3)C2=O)cc1OC. The van der Waals surface area contributed by atoms with E-state index in [1.165, 1.54) is 24.1 Å². The van der Waals surface area contributed by atoms with Gasteiger partial charge in [-0.2, -0.15) is 0 Å². The van der Waals surface area contributed by atoms with Crippen LogP contribution in [0.2, 0.25) is 5.02 Å². The average molecular weight is 463 g/mol. The molecule has 0 aliphatic carbocycles. The van der Waals surface area contributed by atoms with Gasteiger partial charge in [-0.1, -0.05) is 35.9 Å². The Morgan fingerprint density at radius 3 is 2.36 bits per heavy atom. The monoisotopic (exact) mass is 462 g/mol. The molecule has 166 valence electrons. The summed E-state index contributed by atoms with van der Waals surface area (Å²) in [5.74, 6) is 0.804. The Morgan fingerprint density at radius 1 is 0.970 bits per heavy atom. The van der Waals surface area contributed by atoms with Crippen molar-refractivity contribution >= 4 is 40.7 Å². The van der Waals surface area contributed by atoms with Crippen LogP contribution >= 0.6 is 11.6 Å². The van der Waals surface area contributed by atoms with Crippen molar-refractivity contribution in [3.8, 4) is 11.5 Å². The van der Waals surface area contributed by atoms with E-state index in [2.05, 4.69) is 0 Å². The van der Waals surface area contributed by atoms with Gasteiger partial charge in [0.1, 0.15) is 0 Å². The first-order valence-electron chi connectivity index (χ1n) is 9.91. The molecule has 0 bridgehead atoms. The summed E-state index contributed by atoms with van der Waals surface area (Å²) in [4.78, 5) is 25.7. The van der Waals surface area contributed by atoms with Crippen molar-refractivity contribution in [1.82, 2.24) is 0 Å². The van der Waals surface area contributed by atoms with E-state index in [0.29, 0.717) is 33.5 Å². The zero-order chi connectivity index (χ0) is 23.5. The van der Waals surface area contributed by atoms with E-state index < -0.39 is 4.92 Å². The molecule has 0 unspecified atom stereocenters. The second-order valence-corrected chi connectivity index (χ2v) is 7.60. The summed E-state index contributed by atoms with van der Waals surface area (Å²) >= 11 is 6.04. The van der Waals surface area contributed by atoms with Gasteiger partial charge in [0.2, 0.25) is 0 Å². The number of hydrogen-bond donors (Lipinski definition) is 0. The molecule has 0 radical (unpaired) electrons. The Hall–Kier alpha value is -4.10. The van der Waals surface area contributed by atoms with E-state index in [-0.39, 0.29) is 11.6 Å². The highest BCUT2D eigenvalue weighted by atomic mass is 35.5. The lowest BCUT2D eigenvalue weighted by atomic mass is 10.1. The normalized spacial score (nSPS) is 14.4. The van der Waals surface area contributed by atoms with Crippen molar-refractivity contribution in [3.05, 3.63) is 105 Å². The Kier molecular flexibility index (Phi) is 6.15. The van der Waals surface area contributed by atoms with Crippen LogP contribution in [-0.4, -0.2) is 25.1 Å². The number of ether oxygens (including phenoxy) is 2. The fourth-order valence-corrected chi connectivity index (χ4v) is 3.70. The van der Waals surface area contributed by atoms with Gasteiger partial charge < -0.3 is 9.47 Å². The Bertz CT molecular complexity index is 1300. The molecule has 0 fully saturated rings. The van der Waals surface area contributed by atoms with Gasteiger partial charge >= 0.3 is 0 Å².